The molecule has 172 valence electrons. The van der Waals surface area contributed by atoms with Crippen molar-refractivity contribution in [3.8, 4) is 0 Å². The van der Waals surface area contributed by atoms with E-state index in [1.807, 2.05) is 54.6 Å². The van der Waals surface area contributed by atoms with Crippen LogP contribution in [0.5, 0.6) is 0 Å². The molecule has 0 atom stereocenters. The van der Waals surface area contributed by atoms with Crippen molar-refractivity contribution in [2.45, 2.75) is 83.2 Å². The van der Waals surface area contributed by atoms with Crippen LogP contribution >= 0.6 is 0 Å². The molecule has 4 heteroatoms. The van der Waals surface area contributed by atoms with Crippen molar-refractivity contribution in [1.29, 1.82) is 0 Å². The molecule has 0 heterocycles. The van der Waals surface area contributed by atoms with Crippen LogP contribution in [0.3, 0.4) is 0 Å². The Balaban J connectivity index is 0.000000182. The molecule has 2 fully saturated rings. The SMILES string of the molecule is CC1CCC(NC(=O)C2=CCC=CC=C2)CC1.O=C(NC1CCCCC1)c1ccccc1. The summed E-state index contributed by atoms with van der Waals surface area (Å²) in [5, 5.41) is 6.25. The van der Waals surface area contributed by atoms with E-state index in [2.05, 4.69) is 23.6 Å². The minimum absolute atomic E-state index is 0.0718. The quantitative estimate of drug-likeness (QED) is 0.622. The molecule has 0 saturated heterocycles. The zero-order valence-electron chi connectivity index (χ0n) is 19.4. The summed E-state index contributed by atoms with van der Waals surface area (Å²) >= 11 is 0. The average Bonchev–Trinajstić information content (AvgIpc) is 3.12. The number of rotatable bonds is 4. The van der Waals surface area contributed by atoms with Crippen molar-refractivity contribution in [2.75, 3.05) is 0 Å². The Morgan fingerprint density at radius 2 is 1.44 bits per heavy atom. The normalized spacial score (nSPS) is 23.2. The fraction of sp³-hybridized carbons (Fsp3) is 0.500. The molecule has 4 nitrogen and oxygen atoms in total. The van der Waals surface area contributed by atoms with Crippen LogP contribution in [-0.4, -0.2) is 23.9 Å². The van der Waals surface area contributed by atoms with Crippen LogP contribution in [0.1, 0.15) is 81.5 Å². The van der Waals surface area contributed by atoms with Crippen LogP contribution in [-0.2, 0) is 4.79 Å². The van der Waals surface area contributed by atoms with E-state index in [0.717, 1.165) is 49.2 Å². The number of amides is 2. The van der Waals surface area contributed by atoms with E-state index in [9.17, 15) is 9.59 Å². The molecule has 3 aliphatic carbocycles. The maximum absolute atomic E-state index is 12.0. The van der Waals surface area contributed by atoms with Crippen LogP contribution in [0.15, 0.2) is 66.3 Å². The van der Waals surface area contributed by atoms with E-state index >= 15 is 0 Å². The number of nitrogens with one attached hydrogen (secondary N) is 2. The summed E-state index contributed by atoms with van der Waals surface area (Å²) in [6.45, 7) is 2.29. The highest BCUT2D eigenvalue weighted by atomic mass is 16.2. The number of allylic oxidation sites excluding steroid dienone is 4. The Kier molecular flexibility index (Phi) is 9.80. The Morgan fingerprint density at radius 3 is 2.16 bits per heavy atom. The van der Waals surface area contributed by atoms with Crippen molar-refractivity contribution in [2.24, 2.45) is 5.92 Å². The minimum atomic E-state index is 0.0718. The number of hydrogen-bond acceptors (Lipinski definition) is 2. The number of carbonyl (C=O) groups excluding carboxylic acids is 2. The van der Waals surface area contributed by atoms with Crippen molar-refractivity contribution < 1.29 is 9.59 Å². The van der Waals surface area contributed by atoms with Gasteiger partial charge in [0.15, 0.2) is 0 Å². The Hall–Kier alpha value is -2.62. The van der Waals surface area contributed by atoms with Gasteiger partial charge in [0, 0.05) is 23.2 Å². The summed E-state index contributed by atoms with van der Waals surface area (Å²) < 4.78 is 0. The van der Waals surface area contributed by atoms with E-state index in [0.29, 0.717) is 12.1 Å². The van der Waals surface area contributed by atoms with E-state index in [1.54, 1.807) is 0 Å². The van der Waals surface area contributed by atoms with Gasteiger partial charge in [-0.2, -0.15) is 0 Å². The molecule has 0 aromatic heterocycles. The molecule has 0 radical (unpaired) electrons. The third kappa shape index (κ3) is 8.14. The molecule has 1 aromatic rings. The van der Waals surface area contributed by atoms with E-state index in [-0.39, 0.29) is 11.8 Å². The molecular weight excluding hydrogens is 396 g/mol. The molecule has 2 N–H and O–H groups in total. The summed E-state index contributed by atoms with van der Waals surface area (Å²) in [5.41, 5.74) is 1.57. The lowest BCUT2D eigenvalue weighted by Crippen LogP contribution is -2.37. The second-order valence-corrected chi connectivity index (χ2v) is 9.29. The molecule has 0 unspecified atom stereocenters. The first kappa shape index (κ1) is 24.0. The van der Waals surface area contributed by atoms with Gasteiger partial charge in [0.1, 0.15) is 0 Å². The number of benzene rings is 1. The Bertz CT molecular complexity index is 811. The minimum Gasteiger partial charge on any atom is -0.349 e. The molecule has 32 heavy (non-hydrogen) atoms. The van der Waals surface area contributed by atoms with Crippen molar-refractivity contribution in [1.82, 2.24) is 10.6 Å². The van der Waals surface area contributed by atoms with Gasteiger partial charge in [-0.1, -0.05) is 68.7 Å². The van der Waals surface area contributed by atoms with Gasteiger partial charge in [-0.3, -0.25) is 9.59 Å². The molecule has 2 saturated carbocycles. The molecular formula is C28H38N2O2. The highest BCUT2D eigenvalue weighted by Gasteiger charge is 2.20. The topological polar surface area (TPSA) is 58.2 Å². The summed E-state index contributed by atoms with van der Waals surface area (Å²) in [6.07, 6.45) is 21.5. The fourth-order valence-corrected chi connectivity index (χ4v) is 4.53. The Labute approximate surface area is 193 Å². The summed E-state index contributed by atoms with van der Waals surface area (Å²) in [5.74, 6) is 0.983. The van der Waals surface area contributed by atoms with Crippen molar-refractivity contribution in [3.05, 3.63) is 71.8 Å². The zero-order chi connectivity index (χ0) is 22.6. The largest absolute Gasteiger partial charge is 0.349 e. The van der Waals surface area contributed by atoms with Crippen LogP contribution in [0.4, 0.5) is 0 Å². The maximum Gasteiger partial charge on any atom is 0.251 e. The predicted molar refractivity (Wildman–Crippen MR) is 131 cm³/mol. The summed E-state index contributed by atoms with van der Waals surface area (Å²) in [6, 6.07) is 10.2. The van der Waals surface area contributed by atoms with Gasteiger partial charge in [0.05, 0.1) is 0 Å². The van der Waals surface area contributed by atoms with Gasteiger partial charge in [-0.15, -0.1) is 0 Å². The number of carbonyl (C=O) groups is 2. The van der Waals surface area contributed by atoms with Crippen LogP contribution in [0.2, 0.25) is 0 Å². The second kappa shape index (κ2) is 13.0. The summed E-state index contributed by atoms with van der Waals surface area (Å²) in [4.78, 5) is 23.8. The van der Waals surface area contributed by atoms with Gasteiger partial charge in [-0.05, 0) is 69.1 Å². The van der Waals surface area contributed by atoms with Crippen LogP contribution in [0.25, 0.3) is 0 Å². The van der Waals surface area contributed by atoms with E-state index in [4.69, 9.17) is 0 Å². The van der Waals surface area contributed by atoms with E-state index < -0.39 is 0 Å². The molecule has 1 aromatic carbocycles. The second-order valence-electron chi connectivity index (χ2n) is 9.29. The summed E-state index contributed by atoms with van der Waals surface area (Å²) in [7, 11) is 0. The fourth-order valence-electron chi connectivity index (χ4n) is 4.53. The van der Waals surface area contributed by atoms with Gasteiger partial charge in [-0.25, -0.2) is 0 Å². The van der Waals surface area contributed by atoms with Gasteiger partial charge < -0.3 is 10.6 Å². The first-order valence-electron chi connectivity index (χ1n) is 12.3. The lowest BCUT2D eigenvalue weighted by Gasteiger charge is -2.27. The molecule has 2 amide bonds. The number of hydrogen-bond donors (Lipinski definition) is 2. The third-order valence-electron chi connectivity index (χ3n) is 6.59. The van der Waals surface area contributed by atoms with Crippen LogP contribution in [0, 0.1) is 5.92 Å². The van der Waals surface area contributed by atoms with Crippen LogP contribution < -0.4 is 10.6 Å². The lowest BCUT2D eigenvalue weighted by molar-refractivity contribution is -0.118. The first-order valence-corrected chi connectivity index (χ1v) is 12.3. The highest BCUT2D eigenvalue weighted by Crippen LogP contribution is 2.23. The molecule has 0 bridgehead atoms. The predicted octanol–water partition coefficient (Wildman–Crippen LogP) is 5.87. The molecule has 3 aliphatic rings. The molecule has 0 aliphatic heterocycles. The standard InChI is InChI=1S/C15H21NO.C13H17NO/c1-12-8-10-14(11-9-12)16-15(17)13-6-4-2-3-5-7-13;15-13(11-7-3-1-4-8-11)14-12-9-5-2-6-10-12/h2-4,6-7,12,14H,5,8-11H2,1H3,(H,16,17);1,3-4,7-8,12H,2,5-6,9-10H2,(H,14,15). The molecule has 0 spiro atoms. The molecule has 4 rings (SSSR count). The van der Waals surface area contributed by atoms with Gasteiger partial charge in [0.25, 0.3) is 11.8 Å². The van der Waals surface area contributed by atoms with E-state index in [1.165, 1.54) is 32.1 Å². The first-order chi connectivity index (χ1) is 15.6. The highest BCUT2D eigenvalue weighted by molar-refractivity contribution is 5.96. The lowest BCUT2D eigenvalue weighted by atomic mass is 9.87. The maximum atomic E-state index is 12.0. The van der Waals surface area contributed by atoms with Gasteiger partial charge in [0.2, 0.25) is 0 Å². The van der Waals surface area contributed by atoms with Crippen molar-refractivity contribution in [3.63, 3.8) is 0 Å². The zero-order valence-corrected chi connectivity index (χ0v) is 19.4. The monoisotopic (exact) mass is 434 g/mol. The van der Waals surface area contributed by atoms with Gasteiger partial charge >= 0.3 is 0 Å². The average molecular weight is 435 g/mol. The van der Waals surface area contributed by atoms with Crippen molar-refractivity contribution >= 4 is 11.8 Å². The Morgan fingerprint density at radius 1 is 0.781 bits per heavy atom. The third-order valence-corrected chi connectivity index (χ3v) is 6.59. The smallest absolute Gasteiger partial charge is 0.251 e.